The van der Waals surface area contributed by atoms with Gasteiger partial charge < -0.3 is 10.6 Å². The SMILES string of the molecule is CCNC(=NCC(CC)N1CCc2ccccc2C1)NCCc1ncc(C)s1.I. The van der Waals surface area contributed by atoms with Crippen LogP contribution in [0.3, 0.4) is 0 Å². The maximum absolute atomic E-state index is 4.89. The Morgan fingerprint density at radius 2 is 2.03 bits per heavy atom. The first-order valence-electron chi connectivity index (χ1n) is 10.4. The van der Waals surface area contributed by atoms with Crippen molar-refractivity contribution in [3.8, 4) is 0 Å². The maximum atomic E-state index is 4.89. The summed E-state index contributed by atoms with van der Waals surface area (Å²) in [6, 6.07) is 9.31. The molecular formula is C22H34IN5S. The fourth-order valence-electron chi connectivity index (χ4n) is 3.68. The molecule has 2 heterocycles. The normalized spacial score (nSPS) is 15.3. The van der Waals surface area contributed by atoms with Gasteiger partial charge in [0.2, 0.25) is 0 Å². The van der Waals surface area contributed by atoms with Gasteiger partial charge in [-0.25, -0.2) is 4.98 Å². The third-order valence-electron chi connectivity index (χ3n) is 5.25. The number of thiazole rings is 1. The minimum absolute atomic E-state index is 0. The molecule has 2 N–H and O–H groups in total. The van der Waals surface area contributed by atoms with E-state index in [1.54, 1.807) is 11.3 Å². The second-order valence-electron chi connectivity index (χ2n) is 7.31. The van der Waals surface area contributed by atoms with Crippen LogP contribution in [0.25, 0.3) is 0 Å². The average molecular weight is 528 g/mol. The summed E-state index contributed by atoms with van der Waals surface area (Å²) in [6.45, 7) is 11.2. The summed E-state index contributed by atoms with van der Waals surface area (Å²) in [4.78, 5) is 13.2. The zero-order valence-corrected chi connectivity index (χ0v) is 20.9. The molecule has 1 unspecified atom stereocenters. The highest BCUT2D eigenvalue weighted by Gasteiger charge is 2.22. The maximum Gasteiger partial charge on any atom is 0.191 e. The third-order valence-corrected chi connectivity index (χ3v) is 6.23. The van der Waals surface area contributed by atoms with Crippen molar-refractivity contribution in [3.05, 3.63) is 51.5 Å². The Balaban J connectivity index is 0.00000300. The summed E-state index contributed by atoms with van der Waals surface area (Å²) in [5.41, 5.74) is 2.98. The van der Waals surface area contributed by atoms with Crippen molar-refractivity contribution in [1.29, 1.82) is 0 Å². The van der Waals surface area contributed by atoms with Crippen LogP contribution in [0.4, 0.5) is 0 Å². The molecule has 3 rings (SSSR count). The Morgan fingerprint density at radius 1 is 1.24 bits per heavy atom. The Morgan fingerprint density at radius 3 is 2.72 bits per heavy atom. The van der Waals surface area contributed by atoms with Gasteiger partial charge in [0.1, 0.15) is 0 Å². The Kier molecular flexibility index (Phi) is 10.4. The topological polar surface area (TPSA) is 52.6 Å². The van der Waals surface area contributed by atoms with Crippen molar-refractivity contribution in [1.82, 2.24) is 20.5 Å². The summed E-state index contributed by atoms with van der Waals surface area (Å²) in [5, 5.41) is 8.02. The molecule has 1 aliphatic heterocycles. The molecule has 0 saturated carbocycles. The second-order valence-corrected chi connectivity index (χ2v) is 8.63. The summed E-state index contributed by atoms with van der Waals surface area (Å²) in [6.07, 6.45) is 5.14. The lowest BCUT2D eigenvalue weighted by Crippen LogP contribution is -2.43. The van der Waals surface area contributed by atoms with Gasteiger partial charge in [0.25, 0.3) is 0 Å². The standard InChI is InChI=1S/C22H33N5S.HI/c1-4-20(27-13-11-18-8-6-7-9-19(18)16-27)15-26-22(23-5-2)24-12-10-21-25-14-17(3)28-21;/h6-9,14,20H,4-5,10-13,15-16H2,1-3H3,(H2,23,24,26);1H. The van der Waals surface area contributed by atoms with Gasteiger partial charge in [-0.15, -0.1) is 35.3 Å². The lowest BCUT2D eigenvalue weighted by Gasteiger charge is -2.34. The van der Waals surface area contributed by atoms with Crippen LogP contribution in [0, 0.1) is 6.92 Å². The number of nitrogens with zero attached hydrogens (tertiary/aromatic N) is 3. The molecule has 1 aromatic carbocycles. The van der Waals surface area contributed by atoms with E-state index in [2.05, 4.69) is 65.6 Å². The molecule has 0 radical (unpaired) electrons. The van der Waals surface area contributed by atoms with Crippen molar-refractivity contribution in [2.45, 2.75) is 52.6 Å². The van der Waals surface area contributed by atoms with Gasteiger partial charge in [-0.2, -0.15) is 0 Å². The predicted octanol–water partition coefficient (Wildman–Crippen LogP) is 4.00. The fourth-order valence-corrected chi connectivity index (χ4v) is 4.46. The number of rotatable bonds is 8. The van der Waals surface area contributed by atoms with E-state index < -0.39 is 0 Å². The molecule has 0 aliphatic carbocycles. The number of guanidine groups is 1. The highest BCUT2D eigenvalue weighted by Crippen LogP contribution is 2.21. The molecule has 160 valence electrons. The molecule has 1 atom stereocenters. The van der Waals surface area contributed by atoms with E-state index in [9.17, 15) is 0 Å². The monoisotopic (exact) mass is 527 g/mol. The highest BCUT2D eigenvalue weighted by atomic mass is 127. The number of aliphatic imine (C=N–C) groups is 1. The van der Waals surface area contributed by atoms with Crippen LogP contribution in [-0.4, -0.2) is 48.1 Å². The zero-order chi connectivity index (χ0) is 19.8. The second kappa shape index (κ2) is 12.5. The number of aromatic nitrogens is 1. The number of hydrogen-bond acceptors (Lipinski definition) is 4. The van der Waals surface area contributed by atoms with Gasteiger partial charge in [-0.1, -0.05) is 31.2 Å². The first-order valence-corrected chi connectivity index (χ1v) is 11.3. The Hall–Kier alpha value is -1.19. The molecule has 0 amide bonds. The minimum atomic E-state index is 0. The smallest absolute Gasteiger partial charge is 0.191 e. The van der Waals surface area contributed by atoms with Crippen LogP contribution >= 0.6 is 35.3 Å². The molecule has 5 nitrogen and oxygen atoms in total. The molecule has 7 heteroatoms. The number of fused-ring (bicyclic) bond motifs is 1. The lowest BCUT2D eigenvalue weighted by molar-refractivity contribution is 0.178. The Labute approximate surface area is 196 Å². The number of aryl methyl sites for hydroxylation is 1. The molecule has 0 fully saturated rings. The highest BCUT2D eigenvalue weighted by molar-refractivity contribution is 14.0. The number of halogens is 1. The van der Waals surface area contributed by atoms with Crippen molar-refractivity contribution in [2.24, 2.45) is 4.99 Å². The van der Waals surface area contributed by atoms with Crippen LogP contribution < -0.4 is 10.6 Å². The minimum Gasteiger partial charge on any atom is -0.357 e. The fraction of sp³-hybridized carbons (Fsp3) is 0.545. The summed E-state index contributed by atoms with van der Waals surface area (Å²) in [5.74, 6) is 0.909. The van der Waals surface area contributed by atoms with E-state index in [1.807, 2.05) is 6.20 Å². The van der Waals surface area contributed by atoms with E-state index in [0.717, 1.165) is 57.9 Å². The summed E-state index contributed by atoms with van der Waals surface area (Å²) >= 11 is 1.77. The largest absolute Gasteiger partial charge is 0.357 e. The van der Waals surface area contributed by atoms with E-state index >= 15 is 0 Å². The van der Waals surface area contributed by atoms with Crippen LogP contribution in [0.2, 0.25) is 0 Å². The lowest BCUT2D eigenvalue weighted by atomic mass is 9.98. The van der Waals surface area contributed by atoms with Gasteiger partial charge in [0, 0.05) is 49.7 Å². The number of nitrogens with one attached hydrogen (secondary N) is 2. The summed E-state index contributed by atoms with van der Waals surface area (Å²) in [7, 11) is 0. The quantitative estimate of drug-likeness (QED) is 0.310. The first-order chi connectivity index (χ1) is 13.7. The first kappa shape index (κ1) is 24.1. The zero-order valence-electron chi connectivity index (χ0n) is 17.8. The van der Waals surface area contributed by atoms with Gasteiger partial charge >= 0.3 is 0 Å². The van der Waals surface area contributed by atoms with Crippen LogP contribution in [0.1, 0.15) is 41.3 Å². The molecule has 0 saturated heterocycles. The summed E-state index contributed by atoms with van der Waals surface area (Å²) < 4.78 is 0. The van der Waals surface area contributed by atoms with E-state index in [1.165, 1.54) is 21.0 Å². The van der Waals surface area contributed by atoms with E-state index in [-0.39, 0.29) is 24.0 Å². The van der Waals surface area contributed by atoms with Gasteiger partial charge in [0.15, 0.2) is 5.96 Å². The molecule has 29 heavy (non-hydrogen) atoms. The van der Waals surface area contributed by atoms with Crippen LogP contribution in [0.15, 0.2) is 35.5 Å². The molecule has 0 spiro atoms. The molecule has 0 bridgehead atoms. The van der Waals surface area contributed by atoms with Crippen LogP contribution in [-0.2, 0) is 19.4 Å². The molecule has 1 aromatic heterocycles. The van der Waals surface area contributed by atoms with Crippen molar-refractivity contribution >= 4 is 41.3 Å². The third kappa shape index (κ3) is 7.22. The van der Waals surface area contributed by atoms with Gasteiger partial charge in [-0.3, -0.25) is 9.89 Å². The molecule has 1 aliphatic rings. The van der Waals surface area contributed by atoms with Crippen molar-refractivity contribution in [2.75, 3.05) is 26.2 Å². The molecular weight excluding hydrogens is 493 g/mol. The average Bonchev–Trinajstić information content (AvgIpc) is 3.13. The van der Waals surface area contributed by atoms with Crippen molar-refractivity contribution < 1.29 is 0 Å². The van der Waals surface area contributed by atoms with Gasteiger partial charge in [-0.05, 0) is 37.8 Å². The van der Waals surface area contributed by atoms with Gasteiger partial charge in [0.05, 0.1) is 11.6 Å². The number of benzene rings is 1. The van der Waals surface area contributed by atoms with Crippen LogP contribution in [0.5, 0.6) is 0 Å². The predicted molar refractivity (Wildman–Crippen MR) is 135 cm³/mol. The van der Waals surface area contributed by atoms with Crippen molar-refractivity contribution in [3.63, 3.8) is 0 Å². The number of hydrogen-bond donors (Lipinski definition) is 2. The van der Waals surface area contributed by atoms with E-state index in [4.69, 9.17) is 4.99 Å². The van der Waals surface area contributed by atoms with E-state index in [0.29, 0.717) is 6.04 Å². The Bertz CT molecular complexity index is 776. The molecule has 2 aromatic rings.